The summed E-state index contributed by atoms with van der Waals surface area (Å²) in [6.45, 7) is 9.32. The third-order valence-electron chi connectivity index (χ3n) is 4.15. The third-order valence-corrected chi connectivity index (χ3v) is 7.10. The second-order valence-corrected chi connectivity index (χ2v) is 9.26. The SMILES string of the molecule is C=CCn1c(C)cc(C(=O)CSc2nnc(NCCc3cccs3)s2)c1C. The van der Waals surface area contributed by atoms with Gasteiger partial charge in [0, 0.05) is 34.9 Å². The molecule has 1 N–H and O–H groups in total. The minimum atomic E-state index is 0.116. The summed E-state index contributed by atoms with van der Waals surface area (Å²) in [6.07, 6.45) is 2.82. The highest BCUT2D eigenvalue weighted by molar-refractivity contribution is 8.01. The normalized spacial score (nSPS) is 10.9. The summed E-state index contributed by atoms with van der Waals surface area (Å²) in [5, 5.41) is 14.5. The molecular formula is C19H22N4OS3. The number of nitrogens with zero attached hydrogens (tertiary/aromatic N) is 3. The van der Waals surface area contributed by atoms with Crippen LogP contribution in [0.1, 0.15) is 26.6 Å². The monoisotopic (exact) mass is 418 g/mol. The van der Waals surface area contributed by atoms with Crippen LogP contribution in [0.15, 0.2) is 40.6 Å². The van der Waals surface area contributed by atoms with Gasteiger partial charge >= 0.3 is 0 Å². The van der Waals surface area contributed by atoms with E-state index in [1.807, 2.05) is 26.0 Å². The van der Waals surface area contributed by atoms with Crippen LogP contribution in [0.25, 0.3) is 0 Å². The van der Waals surface area contributed by atoms with Gasteiger partial charge in [0.05, 0.1) is 5.75 Å². The predicted molar refractivity (Wildman–Crippen MR) is 116 cm³/mol. The van der Waals surface area contributed by atoms with Gasteiger partial charge in [0.15, 0.2) is 10.1 Å². The first-order chi connectivity index (χ1) is 13.1. The number of rotatable bonds is 10. The molecule has 0 atom stereocenters. The number of carbonyl (C=O) groups is 1. The van der Waals surface area contributed by atoms with Gasteiger partial charge in [-0.15, -0.1) is 28.1 Å². The van der Waals surface area contributed by atoms with Crippen LogP contribution in [0, 0.1) is 13.8 Å². The summed E-state index contributed by atoms with van der Waals surface area (Å²) in [7, 11) is 0. The van der Waals surface area contributed by atoms with Gasteiger partial charge in [-0.3, -0.25) is 4.79 Å². The number of thioether (sulfide) groups is 1. The molecule has 5 nitrogen and oxygen atoms in total. The Kier molecular flexibility index (Phi) is 6.87. The van der Waals surface area contributed by atoms with Gasteiger partial charge in [0.25, 0.3) is 0 Å². The Bertz CT molecular complexity index is 912. The van der Waals surface area contributed by atoms with Gasteiger partial charge in [-0.05, 0) is 37.8 Å². The van der Waals surface area contributed by atoms with E-state index in [9.17, 15) is 4.79 Å². The van der Waals surface area contributed by atoms with Crippen LogP contribution >= 0.6 is 34.4 Å². The summed E-state index contributed by atoms with van der Waals surface area (Å²) in [6, 6.07) is 6.15. The summed E-state index contributed by atoms with van der Waals surface area (Å²) in [5.74, 6) is 0.480. The Morgan fingerprint density at radius 2 is 2.26 bits per heavy atom. The molecule has 142 valence electrons. The van der Waals surface area contributed by atoms with Gasteiger partial charge in [-0.2, -0.15) is 0 Å². The Morgan fingerprint density at radius 3 is 3.00 bits per heavy atom. The average Bonchev–Trinajstić information content (AvgIpc) is 3.38. The van der Waals surface area contributed by atoms with Crippen LogP contribution in [-0.2, 0) is 13.0 Å². The van der Waals surface area contributed by atoms with E-state index in [1.54, 1.807) is 11.3 Å². The predicted octanol–water partition coefficient (Wildman–Crippen LogP) is 4.83. The standard InChI is InChI=1S/C19H22N4OS3/c1-4-9-23-13(2)11-16(14(23)3)17(24)12-26-19-22-21-18(27-19)20-8-7-15-6-5-10-25-15/h4-6,10-11H,1,7-9,12H2,2-3H3,(H,20,21). The topological polar surface area (TPSA) is 59.8 Å². The van der Waals surface area contributed by atoms with Crippen molar-refractivity contribution in [2.45, 2.75) is 31.2 Å². The van der Waals surface area contributed by atoms with Crippen molar-refractivity contribution in [2.24, 2.45) is 0 Å². The van der Waals surface area contributed by atoms with Crippen LogP contribution in [0.2, 0.25) is 0 Å². The fourth-order valence-electron chi connectivity index (χ4n) is 2.79. The Balaban J connectivity index is 1.51. The van der Waals surface area contributed by atoms with Crippen LogP contribution in [0.3, 0.4) is 0 Å². The number of thiophene rings is 1. The lowest BCUT2D eigenvalue weighted by atomic mass is 10.2. The summed E-state index contributed by atoms with van der Waals surface area (Å²) in [5.41, 5.74) is 2.85. The molecule has 8 heteroatoms. The van der Waals surface area contributed by atoms with Crippen LogP contribution < -0.4 is 5.32 Å². The fourth-order valence-corrected chi connectivity index (χ4v) is 5.16. The number of Topliss-reactive ketones (excluding diaryl/α,β-unsaturated/α-hetero) is 1. The number of anilines is 1. The minimum Gasteiger partial charge on any atom is -0.360 e. The average molecular weight is 419 g/mol. The lowest BCUT2D eigenvalue weighted by molar-refractivity contribution is 0.102. The molecule has 3 aromatic rings. The lowest BCUT2D eigenvalue weighted by Crippen LogP contribution is -2.06. The molecule has 0 saturated carbocycles. The van der Waals surface area contributed by atoms with Gasteiger partial charge < -0.3 is 9.88 Å². The van der Waals surface area contributed by atoms with Crippen molar-refractivity contribution in [2.75, 3.05) is 17.6 Å². The fraction of sp³-hybridized carbons (Fsp3) is 0.316. The van der Waals surface area contributed by atoms with Crippen LogP contribution in [0.4, 0.5) is 5.13 Å². The van der Waals surface area contributed by atoms with Crippen molar-refractivity contribution in [1.82, 2.24) is 14.8 Å². The highest BCUT2D eigenvalue weighted by atomic mass is 32.2. The molecule has 0 aromatic carbocycles. The zero-order valence-corrected chi connectivity index (χ0v) is 17.8. The number of hydrogen-bond donors (Lipinski definition) is 1. The third kappa shape index (κ3) is 5.09. The summed E-state index contributed by atoms with van der Waals surface area (Å²) >= 11 is 4.69. The molecule has 27 heavy (non-hydrogen) atoms. The van der Waals surface area contributed by atoms with E-state index in [0.717, 1.165) is 45.9 Å². The van der Waals surface area contributed by atoms with Gasteiger partial charge in [0.1, 0.15) is 0 Å². The van der Waals surface area contributed by atoms with E-state index in [4.69, 9.17) is 0 Å². The molecule has 3 rings (SSSR count). The zero-order valence-electron chi connectivity index (χ0n) is 15.4. The molecule has 0 aliphatic carbocycles. The Hall–Kier alpha value is -1.90. The van der Waals surface area contributed by atoms with Gasteiger partial charge in [-0.25, -0.2) is 0 Å². The summed E-state index contributed by atoms with van der Waals surface area (Å²) < 4.78 is 2.91. The molecule has 0 spiro atoms. The first-order valence-electron chi connectivity index (χ1n) is 8.62. The lowest BCUT2D eigenvalue weighted by Gasteiger charge is -2.05. The van der Waals surface area contributed by atoms with E-state index in [0.29, 0.717) is 5.75 Å². The number of aromatic nitrogens is 3. The van der Waals surface area contributed by atoms with E-state index in [2.05, 4.69) is 44.2 Å². The Morgan fingerprint density at radius 1 is 1.41 bits per heavy atom. The molecule has 0 radical (unpaired) electrons. The van der Waals surface area contributed by atoms with Crippen LogP contribution in [-0.4, -0.2) is 32.8 Å². The second-order valence-electron chi connectivity index (χ2n) is 6.03. The molecule has 0 bridgehead atoms. The molecule has 0 aliphatic rings. The molecule has 0 amide bonds. The molecule has 0 unspecified atom stereocenters. The van der Waals surface area contributed by atoms with Crippen molar-refractivity contribution in [3.63, 3.8) is 0 Å². The van der Waals surface area contributed by atoms with Crippen molar-refractivity contribution >= 4 is 45.4 Å². The van der Waals surface area contributed by atoms with E-state index in [1.165, 1.54) is 28.0 Å². The van der Waals surface area contributed by atoms with E-state index < -0.39 is 0 Å². The van der Waals surface area contributed by atoms with Gasteiger partial charge in [0.2, 0.25) is 5.13 Å². The van der Waals surface area contributed by atoms with E-state index in [-0.39, 0.29) is 5.78 Å². The number of nitrogens with one attached hydrogen (secondary N) is 1. The number of carbonyl (C=O) groups excluding carboxylic acids is 1. The zero-order chi connectivity index (χ0) is 19.2. The van der Waals surface area contributed by atoms with Crippen molar-refractivity contribution in [3.05, 3.63) is 58.1 Å². The second kappa shape index (κ2) is 9.34. The van der Waals surface area contributed by atoms with Crippen molar-refractivity contribution < 1.29 is 4.79 Å². The highest BCUT2D eigenvalue weighted by Crippen LogP contribution is 2.27. The molecule has 0 saturated heterocycles. The maximum atomic E-state index is 12.6. The highest BCUT2D eigenvalue weighted by Gasteiger charge is 2.16. The molecular weight excluding hydrogens is 396 g/mol. The van der Waals surface area contributed by atoms with Crippen LogP contribution in [0.5, 0.6) is 0 Å². The Labute approximate surface area is 171 Å². The number of hydrogen-bond acceptors (Lipinski definition) is 7. The smallest absolute Gasteiger partial charge is 0.206 e. The number of allylic oxidation sites excluding steroid dienone is 1. The quantitative estimate of drug-likeness (QED) is 0.290. The maximum Gasteiger partial charge on any atom is 0.206 e. The minimum absolute atomic E-state index is 0.116. The van der Waals surface area contributed by atoms with E-state index >= 15 is 0 Å². The van der Waals surface area contributed by atoms with Gasteiger partial charge in [-0.1, -0.05) is 35.2 Å². The maximum absolute atomic E-state index is 12.6. The molecule has 3 aromatic heterocycles. The first-order valence-corrected chi connectivity index (χ1v) is 11.3. The van der Waals surface area contributed by atoms with Crippen molar-refractivity contribution in [1.29, 1.82) is 0 Å². The largest absolute Gasteiger partial charge is 0.360 e. The molecule has 3 heterocycles. The summed E-state index contributed by atoms with van der Waals surface area (Å²) in [4.78, 5) is 13.9. The molecule has 0 aliphatic heterocycles. The first kappa shape index (κ1) is 19.9. The molecule has 0 fully saturated rings. The number of aryl methyl sites for hydroxylation is 1. The van der Waals surface area contributed by atoms with Crippen molar-refractivity contribution in [3.8, 4) is 0 Å². The number of ketones is 1.